The molecular weight excluding hydrogens is 398 g/mol. The lowest BCUT2D eigenvalue weighted by molar-refractivity contribution is -0.861. The van der Waals surface area contributed by atoms with E-state index in [1.165, 1.54) is 49.9 Å². The number of quaternary nitrogens is 1. The number of para-hydroxylation sites is 2. The van der Waals surface area contributed by atoms with Crippen LogP contribution in [-0.4, -0.2) is 27.7 Å². The first kappa shape index (κ1) is 21.4. The average molecular weight is 430 g/mol. The number of anilines is 1. The number of aromatic nitrogens is 1. The maximum absolute atomic E-state index is 2.38. The average Bonchev–Trinajstić information content (AvgIpc) is 3.10. The van der Waals surface area contributed by atoms with Gasteiger partial charge in [-0.3, -0.25) is 0 Å². The SMILES string of the molecule is CN1\C(=C/C=C/C=C\c2cc[n+](CCC[NH+](C)C)c3ccccc23)Sc2ccccc21. The highest BCUT2D eigenvalue weighted by Crippen LogP contribution is 2.44. The number of nitrogens with zero attached hydrogens (tertiary/aromatic N) is 2. The molecule has 1 aliphatic rings. The third-order valence-electron chi connectivity index (χ3n) is 5.54. The second-order valence-corrected chi connectivity index (χ2v) is 9.23. The predicted molar refractivity (Wildman–Crippen MR) is 133 cm³/mol. The molecule has 2 heterocycles. The Kier molecular flexibility index (Phi) is 6.90. The summed E-state index contributed by atoms with van der Waals surface area (Å²) < 4.78 is 2.38. The van der Waals surface area contributed by atoms with E-state index in [2.05, 4.69) is 122 Å². The molecule has 0 unspecified atom stereocenters. The van der Waals surface area contributed by atoms with Crippen LogP contribution in [0.1, 0.15) is 12.0 Å². The van der Waals surface area contributed by atoms with E-state index in [0.717, 1.165) is 6.54 Å². The summed E-state index contributed by atoms with van der Waals surface area (Å²) in [5.41, 5.74) is 3.83. The summed E-state index contributed by atoms with van der Waals surface area (Å²) in [6.45, 7) is 2.23. The minimum Gasteiger partial charge on any atom is -0.340 e. The summed E-state index contributed by atoms with van der Waals surface area (Å²) in [5.74, 6) is 0. The van der Waals surface area contributed by atoms with Gasteiger partial charge in [0.25, 0.3) is 0 Å². The Morgan fingerprint density at radius 1 is 0.968 bits per heavy atom. The maximum Gasteiger partial charge on any atom is 0.213 e. The molecule has 0 aliphatic carbocycles. The van der Waals surface area contributed by atoms with Crippen molar-refractivity contribution in [3.8, 4) is 0 Å². The number of allylic oxidation sites excluding steroid dienone is 4. The molecule has 3 nitrogen and oxygen atoms in total. The van der Waals surface area contributed by atoms with Gasteiger partial charge in [0, 0.05) is 24.1 Å². The fourth-order valence-corrected chi connectivity index (χ4v) is 4.94. The van der Waals surface area contributed by atoms with E-state index >= 15 is 0 Å². The third-order valence-corrected chi connectivity index (χ3v) is 6.73. The van der Waals surface area contributed by atoms with Crippen molar-refractivity contribution in [1.82, 2.24) is 0 Å². The van der Waals surface area contributed by atoms with Crippen LogP contribution < -0.4 is 14.4 Å². The van der Waals surface area contributed by atoms with Crippen LogP contribution in [0.15, 0.2) is 95.0 Å². The van der Waals surface area contributed by atoms with Gasteiger partial charge in [-0.2, -0.15) is 4.57 Å². The quantitative estimate of drug-likeness (QED) is 0.443. The van der Waals surface area contributed by atoms with Gasteiger partial charge in [0.2, 0.25) is 5.52 Å². The summed E-state index contributed by atoms with van der Waals surface area (Å²) >= 11 is 1.82. The highest BCUT2D eigenvalue weighted by Gasteiger charge is 2.20. The van der Waals surface area contributed by atoms with Crippen LogP contribution in [0.4, 0.5) is 5.69 Å². The van der Waals surface area contributed by atoms with E-state index in [0.29, 0.717) is 0 Å². The number of aryl methyl sites for hydroxylation is 1. The molecule has 1 N–H and O–H groups in total. The van der Waals surface area contributed by atoms with Crippen LogP contribution in [0, 0.1) is 0 Å². The van der Waals surface area contributed by atoms with Gasteiger partial charge in [0.15, 0.2) is 12.7 Å². The van der Waals surface area contributed by atoms with Crippen molar-refractivity contribution >= 4 is 34.4 Å². The minimum atomic E-state index is 1.05. The zero-order chi connectivity index (χ0) is 21.6. The number of fused-ring (bicyclic) bond motifs is 2. The van der Waals surface area contributed by atoms with E-state index in [1.807, 2.05) is 11.8 Å². The Morgan fingerprint density at radius 2 is 1.77 bits per heavy atom. The molecule has 0 bridgehead atoms. The largest absolute Gasteiger partial charge is 0.340 e. The molecule has 0 atom stereocenters. The molecule has 0 saturated heterocycles. The van der Waals surface area contributed by atoms with Gasteiger partial charge in [-0.15, -0.1) is 0 Å². The Bertz CT molecular complexity index is 1140. The first-order valence-corrected chi connectivity index (χ1v) is 11.7. The molecule has 3 aromatic rings. The van der Waals surface area contributed by atoms with Gasteiger partial charge in [-0.25, -0.2) is 0 Å². The highest BCUT2D eigenvalue weighted by atomic mass is 32.2. The summed E-state index contributed by atoms with van der Waals surface area (Å²) in [5, 5.41) is 2.54. The van der Waals surface area contributed by atoms with Crippen molar-refractivity contribution in [2.24, 2.45) is 0 Å². The first-order valence-electron chi connectivity index (χ1n) is 10.9. The predicted octanol–water partition coefficient (Wildman–Crippen LogP) is 4.31. The highest BCUT2D eigenvalue weighted by molar-refractivity contribution is 8.03. The molecule has 4 rings (SSSR count). The summed E-state index contributed by atoms with van der Waals surface area (Å²) in [4.78, 5) is 5.06. The molecule has 0 fully saturated rings. The van der Waals surface area contributed by atoms with Gasteiger partial charge in [0.1, 0.15) is 0 Å². The van der Waals surface area contributed by atoms with Crippen molar-refractivity contribution in [3.63, 3.8) is 0 Å². The molecule has 158 valence electrons. The number of nitrogens with one attached hydrogen (secondary N) is 1. The first-order chi connectivity index (χ1) is 15.1. The molecule has 4 heteroatoms. The van der Waals surface area contributed by atoms with Gasteiger partial charge in [-0.1, -0.05) is 60.3 Å². The molecule has 0 spiro atoms. The topological polar surface area (TPSA) is 11.6 Å². The van der Waals surface area contributed by atoms with E-state index in [1.54, 1.807) is 0 Å². The molecule has 0 saturated carbocycles. The van der Waals surface area contributed by atoms with E-state index in [-0.39, 0.29) is 0 Å². The molecule has 2 aromatic carbocycles. The molecule has 1 aliphatic heterocycles. The minimum absolute atomic E-state index is 1.05. The molecule has 0 radical (unpaired) electrons. The van der Waals surface area contributed by atoms with Crippen molar-refractivity contribution < 1.29 is 9.47 Å². The summed E-state index contributed by atoms with van der Waals surface area (Å²) in [6.07, 6.45) is 14.1. The van der Waals surface area contributed by atoms with Crippen molar-refractivity contribution in [2.75, 3.05) is 32.6 Å². The van der Waals surface area contributed by atoms with Crippen LogP contribution >= 0.6 is 11.8 Å². The van der Waals surface area contributed by atoms with Gasteiger partial charge in [-0.05, 0) is 29.8 Å². The number of pyridine rings is 1. The fourth-order valence-electron chi connectivity index (χ4n) is 3.88. The van der Waals surface area contributed by atoms with Crippen LogP contribution in [0.2, 0.25) is 0 Å². The van der Waals surface area contributed by atoms with E-state index < -0.39 is 0 Å². The zero-order valence-electron chi connectivity index (χ0n) is 18.6. The monoisotopic (exact) mass is 429 g/mol. The number of benzene rings is 2. The zero-order valence-corrected chi connectivity index (χ0v) is 19.4. The smallest absolute Gasteiger partial charge is 0.213 e. The van der Waals surface area contributed by atoms with E-state index in [4.69, 9.17) is 0 Å². The lowest BCUT2D eigenvalue weighted by atomic mass is 10.1. The Morgan fingerprint density at radius 3 is 2.61 bits per heavy atom. The van der Waals surface area contributed by atoms with Crippen molar-refractivity contribution in [1.29, 1.82) is 0 Å². The third kappa shape index (κ3) is 5.09. The van der Waals surface area contributed by atoms with Gasteiger partial charge < -0.3 is 9.80 Å². The Hall–Kier alpha value is -2.82. The lowest BCUT2D eigenvalue weighted by Crippen LogP contribution is -3.05. The van der Waals surface area contributed by atoms with Gasteiger partial charge >= 0.3 is 0 Å². The Balaban J connectivity index is 1.46. The van der Waals surface area contributed by atoms with Crippen LogP contribution in [0.25, 0.3) is 17.0 Å². The number of thioether (sulfide) groups is 1. The lowest BCUT2D eigenvalue weighted by Gasteiger charge is -2.12. The number of hydrogen-bond acceptors (Lipinski definition) is 2. The molecular formula is C27H31N3S+2. The van der Waals surface area contributed by atoms with Gasteiger partial charge in [0.05, 0.1) is 43.2 Å². The standard InChI is InChI=1S/C27H30N3S/c1-28(2)19-11-20-30-21-18-22(23-13-7-8-14-24(23)30)12-5-4-6-17-27-29(3)25-15-9-10-16-26(25)31-27/h4-10,12-18,21H,11,19-20H2,1-3H3/q+1/p+1. The van der Waals surface area contributed by atoms with Crippen LogP contribution in [0.3, 0.4) is 0 Å². The van der Waals surface area contributed by atoms with Crippen molar-refractivity contribution in [3.05, 3.63) is 95.7 Å². The van der Waals surface area contributed by atoms with Crippen LogP contribution in [0.5, 0.6) is 0 Å². The fraction of sp³-hybridized carbons (Fsp3) is 0.222. The van der Waals surface area contributed by atoms with Crippen LogP contribution in [-0.2, 0) is 6.54 Å². The maximum atomic E-state index is 2.38. The second kappa shape index (κ2) is 9.99. The normalized spacial score (nSPS) is 15.2. The molecule has 31 heavy (non-hydrogen) atoms. The van der Waals surface area contributed by atoms with E-state index in [9.17, 15) is 0 Å². The molecule has 1 aromatic heterocycles. The summed E-state index contributed by atoms with van der Waals surface area (Å²) in [7, 11) is 6.55. The summed E-state index contributed by atoms with van der Waals surface area (Å²) in [6, 6.07) is 19.5. The number of hydrogen-bond donors (Lipinski definition) is 1. The molecule has 0 amide bonds. The number of rotatable bonds is 7. The van der Waals surface area contributed by atoms with Crippen molar-refractivity contribution in [2.45, 2.75) is 17.9 Å². The Labute approximate surface area is 190 Å². The second-order valence-electron chi connectivity index (χ2n) is 8.17.